The van der Waals surface area contributed by atoms with Crippen molar-refractivity contribution in [3.05, 3.63) is 23.9 Å². The van der Waals surface area contributed by atoms with E-state index >= 15 is 0 Å². The molecule has 2 aliphatic heterocycles. The van der Waals surface area contributed by atoms with Crippen molar-refractivity contribution in [3.63, 3.8) is 0 Å². The van der Waals surface area contributed by atoms with Gasteiger partial charge >= 0.3 is 5.97 Å². The zero-order valence-electron chi connectivity index (χ0n) is 26.9. The van der Waals surface area contributed by atoms with Gasteiger partial charge in [-0.05, 0) is 68.9 Å². The Labute approximate surface area is 263 Å². The molecular weight excluding hydrogens is 584 g/mol. The smallest absolute Gasteiger partial charge is 0.307 e. The van der Waals surface area contributed by atoms with Crippen LogP contribution in [0.2, 0.25) is 0 Å². The first-order valence-electron chi connectivity index (χ1n) is 16.1. The average Bonchev–Trinajstić information content (AvgIpc) is 3.53. The van der Waals surface area contributed by atoms with Gasteiger partial charge in [-0.1, -0.05) is 33.6 Å². The van der Waals surface area contributed by atoms with Crippen molar-refractivity contribution in [2.45, 2.75) is 110 Å². The second-order valence-corrected chi connectivity index (χ2v) is 14.1. The fourth-order valence-electron chi connectivity index (χ4n) is 7.36. The van der Waals surface area contributed by atoms with Crippen molar-refractivity contribution >= 4 is 29.2 Å². The lowest BCUT2D eigenvalue weighted by molar-refractivity contribution is -0.167. The third-order valence-corrected chi connectivity index (χ3v) is 10.1. The molecule has 5 rings (SSSR count). The number of amides is 1. The molecule has 0 N–H and O–H groups in total. The van der Waals surface area contributed by atoms with Gasteiger partial charge in [-0.3, -0.25) is 9.59 Å². The van der Waals surface area contributed by atoms with Crippen LogP contribution in [-0.4, -0.2) is 70.9 Å². The minimum atomic E-state index is -2.95. The van der Waals surface area contributed by atoms with Crippen LogP contribution in [0, 0.1) is 23.2 Å². The van der Waals surface area contributed by atoms with Gasteiger partial charge in [0.05, 0.1) is 49.0 Å². The molecule has 246 valence electrons. The predicted molar refractivity (Wildman–Crippen MR) is 163 cm³/mol. The van der Waals surface area contributed by atoms with Gasteiger partial charge in [0, 0.05) is 6.07 Å². The van der Waals surface area contributed by atoms with Crippen molar-refractivity contribution < 1.29 is 37.4 Å². The highest BCUT2D eigenvalue weighted by Crippen LogP contribution is 2.43. The monoisotopic (exact) mass is 629 g/mol. The Morgan fingerprint density at radius 3 is 2.53 bits per heavy atom. The van der Waals surface area contributed by atoms with Gasteiger partial charge in [-0.2, -0.15) is 0 Å². The molecule has 1 aromatic heterocycles. The van der Waals surface area contributed by atoms with Gasteiger partial charge in [-0.25, -0.2) is 18.7 Å². The molecule has 0 radical (unpaired) electrons. The number of hydrogen-bond donors (Lipinski definition) is 0. The van der Waals surface area contributed by atoms with E-state index in [2.05, 4.69) is 4.98 Å². The lowest BCUT2D eigenvalue weighted by Crippen LogP contribution is -2.47. The van der Waals surface area contributed by atoms with Crippen molar-refractivity contribution in [2.75, 3.05) is 13.7 Å². The molecule has 1 saturated heterocycles. The fourth-order valence-corrected chi connectivity index (χ4v) is 7.36. The lowest BCUT2D eigenvalue weighted by atomic mass is 9.77. The number of methoxy groups -OCH3 is 1. The van der Waals surface area contributed by atoms with Gasteiger partial charge in [0.1, 0.15) is 29.4 Å². The summed E-state index contributed by atoms with van der Waals surface area (Å²) < 4.78 is 47.1. The molecule has 0 unspecified atom stereocenters. The highest BCUT2D eigenvalue weighted by molar-refractivity contribution is 5.87. The van der Waals surface area contributed by atoms with Crippen LogP contribution < -0.4 is 9.47 Å². The number of hydrogen-bond acceptors (Lipinski definition) is 8. The maximum absolute atomic E-state index is 14.7. The number of aryl methyl sites for hydroxylation is 1. The topological polar surface area (TPSA) is 108 Å². The summed E-state index contributed by atoms with van der Waals surface area (Å²) in [4.78, 5) is 50.6. The number of fused-ring (bicyclic) bond motifs is 5. The molecule has 1 aromatic carbocycles. The Balaban J connectivity index is 1.56. The highest BCUT2D eigenvalue weighted by Gasteiger charge is 2.53. The maximum atomic E-state index is 14.7. The van der Waals surface area contributed by atoms with Gasteiger partial charge < -0.3 is 23.9 Å². The number of nitrogens with zero attached hydrogens (tertiary/aromatic N) is 3. The number of carbonyl (C=O) groups excluding carboxylic acids is 3. The molecule has 6 atom stereocenters. The van der Waals surface area contributed by atoms with E-state index in [-0.39, 0.29) is 24.8 Å². The van der Waals surface area contributed by atoms with E-state index in [0.29, 0.717) is 35.2 Å². The van der Waals surface area contributed by atoms with Crippen LogP contribution in [0.5, 0.6) is 11.6 Å². The Bertz CT molecular complexity index is 1410. The van der Waals surface area contributed by atoms with E-state index in [4.69, 9.17) is 19.2 Å². The van der Waals surface area contributed by atoms with Crippen molar-refractivity contribution in [3.8, 4) is 11.6 Å². The van der Waals surface area contributed by atoms with Crippen molar-refractivity contribution in [1.29, 1.82) is 0 Å². The summed E-state index contributed by atoms with van der Waals surface area (Å²) in [5.74, 6) is -2.62. The summed E-state index contributed by atoms with van der Waals surface area (Å²) in [6.45, 7) is 7.20. The highest BCUT2D eigenvalue weighted by atomic mass is 19.3. The van der Waals surface area contributed by atoms with Gasteiger partial charge in [-0.15, -0.1) is 0 Å². The van der Waals surface area contributed by atoms with E-state index in [1.54, 1.807) is 18.2 Å². The summed E-state index contributed by atoms with van der Waals surface area (Å²) in [5, 5.41) is 0. The molecular formula is C34H45F2N3O6. The third-order valence-electron chi connectivity index (χ3n) is 10.1. The van der Waals surface area contributed by atoms with Crippen molar-refractivity contribution in [1.82, 2.24) is 14.9 Å². The van der Waals surface area contributed by atoms with Gasteiger partial charge in [0.2, 0.25) is 18.2 Å². The van der Waals surface area contributed by atoms with Crippen molar-refractivity contribution in [2.24, 2.45) is 23.2 Å². The second kappa shape index (κ2) is 13.2. The average molecular weight is 630 g/mol. The van der Waals surface area contributed by atoms with Gasteiger partial charge in [0.25, 0.3) is 0 Å². The lowest BCUT2D eigenvalue weighted by Gasteiger charge is -2.36. The number of ether oxygens (including phenoxy) is 3. The first-order chi connectivity index (χ1) is 21.3. The maximum Gasteiger partial charge on any atom is 0.307 e. The summed E-state index contributed by atoms with van der Waals surface area (Å²) in [6, 6.07) is 3.85. The standard InChI is InChI=1S/C34H45F2N3O6/c1-33(2,3)22-17-28(41)45-34(4)15-9-11-20(34)10-7-6-8-12-24-31(38-25-16-21(43-5)13-14-23(25)37-24)44-27-18-39(32(22)42)26(19-40)29(27)30(35)36/h13-14,16,19-20,22,26-27,29-30H,6-12,15,17-18H2,1-5H3/t20-,22-,26-,27+,29+,34-/m1/s1. The summed E-state index contributed by atoms with van der Waals surface area (Å²) in [6.07, 6.45) is 2.71. The molecule has 3 aliphatic rings. The first-order valence-corrected chi connectivity index (χ1v) is 16.1. The van der Waals surface area contributed by atoms with E-state index in [1.165, 1.54) is 7.11 Å². The predicted octanol–water partition coefficient (Wildman–Crippen LogP) is 5.95. The number of alkyl halides is 2. The molecule has 11 heteroatoms. The Kier molecular flexibility index (Phi) is 9.65. The molecule has 2 aromatic rings. The number of aldehydes is 1. The Morgan fingerprint density at radius 2 is 1.84 bits per heavy atom. The minimum absolute atomic E-state index is 0.116. The normalized spacial score (nSPS) is 30.2. The number of carbonyl (C=O) groups is 3. The third kappa shape index (κ3) is 6.92. The Morgan fingerprint density at radius 1 is 1.09 bits per heavy atom. The quantitative estimate of drug-likeness (QED) is 0.303. The molecule has 2 fully saturated rings. The van der Waals surface area contributed by atoms with Crippen LogP contribution in [0.25, 0.3) is 11.0 Å². The van der Waals surface area contributed by atoms with E-state index in [1.807, 2.05) is 27.7 Å². The SMILES string of the molecule is COc1ccc2nc3c(nc2c1)O[C@H]1CN(C(=O)[C@H](C(C)(C)C)CC(=O)O[C@]2(C)CCC[C@H]2CCCCC3)[C@H](C=O)[C@@H]1C(F)F. The fraction of sp³-hybridized carbons (Fsp3) is 0.676. The number of esters is 1. The molecule has 3 heterocycles. The molecule has 9 nitrogen and oxygen atoms in total. The molecule has 1 aliphatic carbocycles. The zero-order chi connectivity index (χ0) is 32.5. The van der Waals surface area contributed by atoms with Crippen LogP contribution in [0.1, 0.15) is 84.8 Å². The molecule has 0 spiro atoms. The van der Waals surface area contributed by atoms with Crippen LogP contribution in [-0.2, 0) is 25.5 Å². The molecule has 45 heavy (non-hydrogen) atoms. The Hall–Kier alpha value is -3.37. The van der Waals surface area contributed by atoms with Gasteiger partial charge in [0.15, 0.2) is 0 Å². The summed E-state index contributed by atoms with van der Waals surface area (Å²) in [7, 11) is 1.54. The summed E-state index contributed by atoms with van der Waals surface area (Å²) >= 11 is 0. The summed E-state index contributed by atoms with van der Waals surface area (Å²) in [5.41, 5.74) is 0.312. The van der Waals surface area contributed by atoms with E-state index < -0.39 is 53.3 Å². The van der Waals surface area contributed by atoms with Crippen LogP contribution in [0.3, 0.4) is 0 Å². The number of benzene rings is 1. The van der Waals surface area contributed by atoms with Crippen LogP contribution >= 0.6 is 0 Å². The number of aromatic nitrogens is 2. The number of rotatable bonds is 3. The zero-order valence-corrected chi connectivity index (χ0v) is 26.9. The van der Waals surface area contributed by atoms with Crippen LogP contribution in [0.15, 0.2) is 18.2 Å². The largest absolute Gasteiger partial charge is 0.497 e. The van der Waals surface area contributed by atoms with E-state index in [0.717, 1.165) is 49.8 Å². The minimum Gasteiger partial charge on any atom is -0.497 e. The molecule has 1 saturated carbocycles. The number of halogens is 2. The molecule has 2 bridgehead atoms. The first kappa shape index (κ1) is 33.0. The van der Waals surface area contributed by atoms with Crippen LogP contribution in [0.4, 0.5) is 8.78 Å². The van der Waals surface area contributed by atoms with E-state index in [9.17, 15) is 23.2 Å². The second-order valence-electron chi connectivity index (χ2n) is 14.1. The molecule has 1 amide bonds.